The number of hydrogen-bond acceptors (Lipinski definition) is 4. The molecule has 1 atom stereocenters. The van der Waals surface area contributed by atoms with Crippen molar-refractivity contribution in [3.8, 4) is 0 Å². The number of methoxy groups -OCH3 is 1. The van der Waals surface area contributed by atoms with Crippen molar-refractivity contribution in [1.82, 2.24) is 10.0 Å². The van der Waals surface area contributed by atoms with Crippen LogP contribution in [0.4, 0.5) is 0 Å². The molecule has 1 aliphatic heterocycles. The minimum absolute atomic E-state index is 0.223. The van der Waals surface area contributed by atoms with E-state index in [0.717, 1.165) is 13.1 Å². The summed E-state index contributed by atoms with van der Waals surface area (Å²) in [4.78, 5) is 11.6. The predicted molar refractivity (Wildman–Crippen MR) is 69.3 cm³/mol. The molecule has 1 aromatic rings. The summed E-state index contributed by atoms with van der Waals surface area (Å²) >= 11 is 0. The summed E-state index contributed by atoms with van der Waals surface area (Å²) in [5.74, 6) is -0.223. The highest BCUT2D eigenvalue weighted by molar-refractivity contribution is 5.75. The number of esters is 1. The molecule has 0 aromatic heterocycles. The maximum Gasteiger partial charge on any atom is 0.329 e. The van der Waals surface area contributed by atoms with E-state index in [1.165, 1.54) is 12.7 Å². The second-order valence-corrected chi connectivity index (χ2v) is 4.30. The molecular formula is C14H18N2O2. The number of carbonyl (C=O) groups excluding carboxylic acids is 1. The predicted octanol–water partition coefficient (Wildman–Crippen LogP) is 1.79. The van der Waals surface area contributed by atoms with Crippen LogP contribution >= 0.6 is 0 Å². The fourth-order valence-corrected chi connectivity index (χ4v) is 2.06. The molecule has 0 radical (unpaired) electrons. The zero-order valence-corrected chi connectivity index (χ0v) is 10.7. The Bertz CT molecular complexity index is 431. The largest absolute Gasteiger partial charge is 0.467 e. The van der Waals surface area contributed by atoms with Crippen molar-refractivity contribution in [1.29, 1.82) is 0 Å². The van der Waals surface area contributed by atoms with Crippen LogP contribution in [-0.2, 0) is 16.1 Å². The van der Waals surface area contributed by atoms with Crippen LogP contribution in [0.1, 0.15) is 12.5 Å². The lowest BCUT2D eigenvalue weighted by Crippen LogP contribution is -2.44. The molecule has 0 N–H and O–H groups in total. The Hall–Kier alpha value is -1.81. The number of ether oxygens (including phenoxy) is 1. The summed E-state index contributed by atoms with van der Waals surface area (Å²) in [5, 5.41) is 4.05. The van der Waals surface area contributed by atoms with Crippen molar-refractivity contribution < 1.29 is 9.53 Å². The Kier molecular flexibility index (Phi) is 3.99. The molecule has 1 heterocycles. The first kappa shape index (κ1) is 12.6. The van der Waals surface area contributed by atoms with Crippen LogP contribution in [0.3, 0.4) is 0 Å². The molecule has 0 bridgehead atoms. The lowest BCUT2D eigenvalue weighted by molar-refractivity contribution is -0.150. The highest BCUT2D eigenvalue weighted by Gasteiger charge is 2.26. The van der Waals surface area contributed by atoms with Crippen molar-refractivity contribution in [3.05, 3.63) is 48.2 Å². The quantitative estimate of drug-likeness (QED) is 0.758. The van der Waals surface area contributed by atoms with Crippen molar-refractivity contribution in [2.24, 2.45) is 0 Å². The van der Waals surface area contributed by atoms with Gasteiger partial charge in [0.15, 0.2) is 0 Å². The Morgan fingerprint density at radius 1 is 1.39 bits per heavy atom. The third kappa shape index (κ3) is 2.71. The normalized spacial score (nSPS) is 16.9. The average Bonchev–Trinajstić information content (AvgIpc) is 2.86. The first-order valence-electron chi connectivity index (χ1n) is 6.04. The SMILES string of the molecule is COC(=O)C(C)N1C=CCN1Cc1ccccc1. The first-order chi connectivity index (χ1) is 8.72. The van der Waals surface area contributed by atoms with Gasteiger partial charge < -0.3 is 4.74 Å². The minimum atomic E-state index is -0.294. The molecule has 0 fully saturated rings. The van der Waals surface area contributed by atoms with Gasteiger partial charge in [-0.1, -0.05) is 36.4 Å². The van der Waals surface area contributed by atoms with E-state index in [4.69, 9.17) is 4.74 Å². The molecule has 0 aliphatic carbocycles. The van der Waals surface area contributed by atoms with Crippen LogP contribution in [0, 0.1) is 0 Å². The van der Waals surface area contributed by atoms with E-state index < -0.39 is 0 Å². The van der Waals surface area contributed by atoms with E-state index in [0.29, 0.717) is 0 Å². The van der Waals surface area contributed by atoms with Gasteiger partial charge in [-0.25, -0.2) is 9.80 Å². The monoisotopic (exact) mass is 246 g/mol. The number of carbonyl (C=O) groups is 1. The van der Waals surface area contributed by atoms with Crippen molar-refractivity contribution in [2.45, 2.75) is 19.5 Å². The number of hydrazine groups is 1. The number of hydrogen-bond donors (Lipinski definition) is 0. The summed E-state index contributed by atoms with van der Waals surface area (Å²) in [5.41, 5.74) is 1.23. The molecule has 0 saturated heterocycles. The van der Waals surface area contributed by atoms with Crippen LogP contribution in [0.25, 0.3) is 0 Å². The highest BCUT2D eigenvalue weighted by Crippen LogP contribution is 2.16. The third-order valence-electron chi connectivity index (χ3n) is 3.05. The molecular weight excluding hydrogens is 228 g/mol. The van der Waals surface area contributed by atoms with Gasteiger partial charge in [-0.3, -0.25) is 5.01 Å². The van der Waals surface area contributed by atoms with Gasteiger partial charge in [0, 0.05) is 19.3 Å². The van der Waals surface area contributed by atoms with Gasteiger partial charge in [0.2, 0.25) is 0 Å². The van der Waals surface area contributed by atoms with Crippen LogP contribution in [0.15, 0.2) is 42.6 Å². The van der Waals surface area contributed by atoms with Gasteiger partial charge in [-0.15, -0.1) is 0 Å². The van der Waals surface area contributed by atoms with E-state index in [-0.39, 0.29) is 12.0 Å². The van der Waals surface area contributed by atoms with Gasteiger partial charge in [-0.2, -0.15) is 0 Å². The fraction of sp³-hybridized carbons (Fsp3) is 0.357. The zero-order valence-electron chi connectivity index (χ0n) is 10.7. The van der Waals surface area contributed by atoms with Crippen LogP contribution in [-0.4, -0.2) is 35.7 Å². The third-order valence-corrected chi connectivity index (χ3v) is 3.05. The summed E-state index contributed by atoms with van der Waals surface area (Å²) < 4.78 is 4.78. The van der Waals surface area contributed by atoms with Crippen LogP contribution < -0.4 is 0 Å². The first-order valence-corrected chi connectivity index (χ1v) is 6.04. The van der Waals surface area contributed by atoms with Gasteiger partial charge in [0.25, 0.3) is 0 Å². The van der Waals surface area contributed by atoms with Crippen molar-refractivity contribution in [3.63, 3.8) is 0 Å². The fourth-order valence-electron chi connectivity index (χ4n) is 2.06. The second kappa shape index (κ2) is 5.69. The van der Waals surface area contributed by atoms with E-state index in [9.17, 15) is 4.79 Å². The molecule has 2 rings (SSSR count). The Balaban J connectivity index is 2.03. The number of rotatable bonds is 4. The van der Waals surface area contributed by atoms with E-state index in [1.807, 2.05) is 42.4 Å². The molecule has 96 valence electrons. The zero-order chi connectivity index (χ0) is 13.0. The molecule has 18 heavy (non-hydrogen) atoms. The second-order valence-electron chi connectivity index (χ2n) is 4.30. The van der Waals surface area contributed by atoms with Gasteiger partial charge >= 0.3 is 5.97 Å². The summed E-state index contributed by atoms with van der Waals surface area (Å²) in [7, 11) is 1.42. The van der Waals surface area contributed by atoms with Gasteiger partial charge in [-0.05, 0) is 12.5 Å². The molecule has 4 heteroatoms. The van der Waals surface area contributed by atoms with Gasteiger partial charge in [0.1, 0.15) is 6.04 Å². The Morgan fingerprint density at radius 2 is 2.11 bits per heavy atom. The highest BCUT2D eigenvalue weighted by atomic mass is 16.5. The standard InChI is InChI=1S/C14H18N2O2/c1-12(14(17)18-2)16-10-6-9-15(16)11-13-7-4-3-5-8-13/h3-8,10,12H,9,11H2,1-2H3. The molecule has 1 aliphatic rings. The van der Waals surface area contributed by atoms with E-state index in [2.05, 4.69) is 17.1 Å². The topological polar surface area (TPSA) is 32.8 Å². The lowest BCUT2D eigenvalue weighted by atomic mass is 10.2. The van der Waals surface area contributed by atoms with Crippen molar-refractivity contribution >= 4 is 5.97 Å². The van der Waals surface area contributed by atoms with Crippen LogP contribution in [0.5, 0.6) is 0 Å². The molecule has 0 saturated carbocycles. The average molecular weight is 246 g/mol. The molecule has 0 amide bonds. The lowest BCUT2D eigenvalue weighted by Gasteiger charge is -2.32. The summed E-state index contributed by atoms with van der Waals surface area (Å²) in [6.45, 7) is 3.45. The number of nitrogens with zero attached hydrogens (tertiary/aromatic N) is 2. The molecule has 4 nitrogen and oxygen atoms in total. The van der Waals surface area contributed by atoms with Gasteiger partial charge in [0.05, 0.1) is 7.11 Å². The van der Waals surface area contributed by atoms with Crippen LogP contribution in [0.2, 0.25) is 0 Å². The number of benzene rings is 1. The van der Waals surface area contributed by atoms with E-state index >= 15 is 0 Å². The van der Waals surface area contributed by atoms with E-state index in [1.54, 1.807) is 0 Å². The molecule has 0 spiro atoms. The summed E-state index contributed by atoms with van der Waals surface area (Å²) in [6, 6.07) is 9.91. The summed E-state index contributed by atoms with van der Waals surface area (Å²) in [6.07, 6.45) is 3.98. The van der Waals surface area contributed by atoms with Crippen molar-refractivity contribution in [2.75, 3.05) is 13.7 Å². The smallest absolute Gasteiger partial charge is 0.329 e. The molecule has 1 aromatic carbocycles. The molecule has 1 unspecified atom stereocenters. The maximum absolute atomic E-state index is 11.6. The minimum Gasteiger partial charge on any atom is -0.467 e. The maximum atomic E-state index is 11.6. The Morgan fingerprint density at radius 3 is 2.78 bits per heavy atom. The Labute approximate surface area is 107 Å².